The molecule has 0 radical (unpaired) electrons. The summed E-state index contributed by atoms with van der Waals surface area (Å²) in [6.07, 6.45) is 0.108. The van der Waals surface area contributed by atoms with Crippen molar-refractivity contribution >= 4 is 15.6 Å². The second-order valence-electron chi connectivity index (χ2n) is 4.71. The van der Waals surface area contributed by atoms with E-state index in [9.17, 15) is 13.2 Å². The standard InChI is InChI=1S/C15H16O4S/c1-10(16)14-9-15(12(3)19-11(14)2)20(17,18)13-7-5-4-6-8-13/h4-8,15H,3,9H2,1-2H3. The first kappa shape index (κ1) is 14.5. The fourth-order valence-electron chi connectivity index (χ4n) is 2.22. The van der Waals surface area contributed by atoms with Crippen LogP contribution in [0.5, 0.6) is 0 Å². The van der Waals surface area contributed by atoms with Crippen LogP contribution in [-0.4, -0.2) is 19.5 Å². The van der Waals surface area contributed by atoms with Gasteiger partial charge in [-0.25, -0.2) is 8.42 Å². The highest BCUT2D eigenvalue weighted by Crippen LogP contribution is 2.33. The highest BCUT2D eigenvalue weighted by atomic mass is 32.2. The van der Waals surface area contributed by atoms with Crippen LogP contribution in [0.2, 0.25) is 0 Å². The Labute approximate surface area is 118 Å². The zero-order chi connectivity index (χ0) is 14.9. The van der Waals surface area contributed by atoms with Crippen molar-refractivity contribution in [1.29, 1.82) is 0 Å². The normalized spacial score (nSPS) is 19.7. The van der Waals surface area contributed by atoms with Gasteiger partial charge in [0.2, 0.25) is 0 Å². The minimum absolute atomic E-state index is 0.108. The lowest BCUT2D eigenvalue weighted by Gasteiger charge is -2.27. The summed E-state index contributed by atoms with van der Waals surface area (Å²) in [4.78, 5) is 11.8. The van der Waals surface area contributed by atoms with Crippen LogP contribution in [-0.2, 0) is 19.4 Å². The van der Waals surface area contributed by atoms with Crippen molar-refractivity contribution in [2.75, 3.05) is 0 Å². The minimum atomic E-state index is -3.61. The number of sulfone groups is 1. The summed E-state index contributed by atoms with van der Waals surface area (Å²) in [7, 11) is -3.61. The van der Waals surface area contributed by atoms with Gasteiger partial charge in [0.05, 0.1) is 4.90 Å². The zero-order valence-corrected chi connectivity index (χ0v) is 12.2. The third kappa shape index (κ3) is 2.54. The van der Waals surface area contributed by atoms with E-state index in [-0.39, 0.29) is 22.9 Å². The van der Waals surface area contributed by atoms with Gasteiger partial charge in [-0.15, -0.1) is 0 Å². The van der Waals surface area contributed by atoms with Gasteiger partial charge >= 0.3 is 0 Å². The maximum atomic E-state index is 12.6. The fraction of sp³-hybridized carbons (Fsp3) is 0.267. The molecule has 1 aliphatic heterocycles. The van der Waals surface area contributed by atoms with Gasteiger partial charge in [-0.2, -0.15) is 0 Å². The summed E-state index contributed by atoms with van der Waals surface area (Å²) in [6.45, 7) is 6.74. The Bertz CT molecular complexity index is 684. The SMILES string of the molecule is C=C1OC(C)=C(C(C)=O)CC1S(=O)(=O)c1ccccc1. The first-order valence-corrected chi connectivity index (χ1v) is 7.75. The van der Waals surface area contributed by atoms with Crippen LogP contribution in [0.25, 0.3) is 0 Å². The Hall–Kier alpha value is -1.88. The van der Waals surface area contributed by atoms with Gasteiger partial charge in [-0.05, 0) is 26.0 Å². The van der Waals surface area contributed by atoms with E-state index in [0.29, 0.717) is 11.3 Å². The Kier molecular flexibility index (Phi) is 3.81. The van der Waals surface area contributed by atoms with Gasteiger partial charge in [0.1, 0.15) is 16.8 Å². The van der Waals surface area contributed by atoms with Crippen LogP contribution in [0.4, 0.5) is 0 Å². The van der Waals surface area contributed by atoms with E-state index >= 15 is 0 Å². The maximum Gasteiger partial charge on any atom is 0.188 e. The molecule has 0 aliphatic carbocycles. The van der Waals surface area contributed by atoms with Crippen molar-refractivity contribution < 1.29 is 17.9 Å². The fourth-order valence-corrected chi connectivity index (χ4v) is 3.86. The van der Waals surface area contributed by atoms with E-state index in [1.54, 1.807) is 25.1 Å². The molecule has 0 bridgehead atoms. The van der Waals surface area contributed by atoms with Crippen LogP contribution in [0.15, 0.2) is 58.9 Å². The predicted octanol–water partition coefficient (Wildman–Crippen LogP) is 2.63. The van der Waals surface area contributed by atoms with E-state index in [4.69, 9.17) is 4.74 Å². The number of ether oxygens (including phenoxy) is 1. The van der Waals surface area contributed by atoms with E-state index in [1.165, 1.54) is 19.1 Å². The second kappa shape index (κ2) is 5.25. The zero-order valence-electron chi connectivity index (χ0n) is 11.4. The number of carbonyl (C=O) groups excluding carboxylic acids is 1. The summed E-state index contributed by atoms with van der Waals surface area (Å²) in [5.74, 6) is 0.418. The van der Waals surface area contributed by atoms with E-state index in [2.05, 4.69) is 6.58 Å². The third-order valence-corrected chi connectivity index (χ3v) is 5.44. The molecule has 1 aliphatic rings. The number of ketones is 1. The number of carbonyl (C=O) groups is 1. The smallest absolute Gasteiger partial charge is 0.188 e. The molecule has 4 nitrogen and oxygen atoms in total. The van der Waals surface area contributed by atoms with Crippen molar-refractivity contribution in [1.82, 2.24) is 0 Å². The maximum absolute atomic E-state index is 12.6. The number of rotatable bonds is 3. The highest BCUT2D eigenvalue weighted by Gasteiger charge is 2.36. The Balaban J connectivity index is 2.44. The third-order valence-electron chi connectivity index (χ3n) is 3.33. The van der Waals surface area contributed by atoms with Gasteiger partial charge < -0.3 is 4.74 Å². The van der Waals surface area contributed by atoms with Gasteiger partial charge in [0, 0.05) is 12.0 Å². The van der Waals surface area contributed by atoms with Gasteiger partial charge in [-0.3, -0.25) is 4.79 Å². The molecular weight excluding hydrogens is 276 g/mol. The van der Waals surface area contributed by atoms with Crippen molar-refractivity contribution in [2.24, 2.45) is 0 Å². The molecule has 1 heterocycles. The molecule has 1 aromatic rings. The van der Waals surface area contributed by atoms with E-state index < -0.39 is 15.1 Å². The molecule has 1 aromatic carbocycles. The van der Waals surface area contributed by atoms with Gasteiger partial charge in [0.25, 0.3) is 0 Å². The summed E-state index contributed by atoms with van der Waals surface area (Å²) in [6, 6.07) is 8.12. The average Bonchev–Trinajstić information content (AvgIpc) is 2.39. The van der Waals surface area contributed by atoms with E-state index in [1.807, 2.05) is 0 Å². The molecule has 20 heavy (non-hydrogen) atoms. The lowest BCUT2D eigenvalue weighted by Crippen LogP contribution is -2.30. The molecule has 0 fully saturated rings. The summed E-state index contributed by atoms with van der Waals surface area (Å²) in [5.41, 5.74) is 0.405. The summed E-state index contributed by atoms with van der Waals surface area (Å²) in [5, 5.41) is -0.924. The topological polar surface area (TPSA) is 60.4 Å². The molecule has 0 spiro atoms. The number of Topliss-reactive ketones (excluding diaryl/α,β-unsaturated/α-hetero) is 1. The number of benzene rings is 1. The number of hydrogen-bond acceptors (Lipinski definition) is 4. The first-order chi connectivity index (χ1) is 9.34. The van der Waals surface area contributed by atoms with Gasteiger partial charge in [0.15, 0.2) is 15.6 Å². The van der Waals surface area contributed by atoms with Crippen LogP contribution in [0, 0.1) is 0 Å². The molecule has 0 saturated carbocycles. The molecule has 0 N–H and O–H groups in total. The van der Waals surface area contributed by atoms with Crippen molar-refractivity contribution in [2.45, 2.75) is 30.4 Å². The molecule has 5 heteroatoms. The molecular formula is C15H16O4S. The van der Waals surface area contributed by atoms with Crippen LogP contribution in [0.1, 0.15) is 20.3 Å². The monoisotopic (exact) mass is 292 g/mol. The Morgan fingerprint density at radius 3 is 2.45 bits per heavy atom. The number of allylic oxidation sites excluding steroid dienone is 2. The second-order valence-corrected chi connectivity index (χ2v) is 6.84. The first-order valence-electron chi connectivity index (χ1n) is 6.20. The minimum Gasteiger partial charge on any atom is -0.465 e. The van der Waals surface area contributed by atoms with Crippen molar-refractivity contribution in [3.05, 3.63) is 54.0 Å². The van der Waals surface area contributed by atoms with Crippen molar-refractivity contribution in [3.8, 4) is 0 Å². The summed E-state index contributed by atoms with van der Waals surface area (Å²) < 4.78 is 30.6. The van der Waals surface area contributed by atoms with E-state index in [0.717, 1.165) is 0 Å². The molecule has 1 atom stereocenters. The van der Waals surface area contributed by atoms with Gasteiger partial charge in [-0.1, -0.05) is 24.8 Å². The average molecular weight is 292 g/mol. The Morgan fingerprint density at radius 2 is 1.90 bits per heavy atom. The lowest BCUT2D eigenvalue weighted by molar-refractivity contribution is -0.114. The van der Waals surface area contributed by atoms with Crippen molar-refractivity contribution in [3.63, 3.8) is 0 Å². The quantitative estimate of drug-likeness (QED) is 0.859. The number of hydrogen-bond donors (Lipinski definition) is 0. The lowest BCUT2D eigenvalue weighted by atomic mass is 10.0. The molecule has 1 unspecified atom stereocenters. The molecule has 0 saturated heterocycles. The predicted molar refractivity (Wildman–Crippen MR) is 75.6 cm³/mol. The molecule has 106 valence electrons. The highest BCUT2D eigenvalue weighted by molar-refractivity contribution is 7.92. The Morgan fingerprint density at radius 1 is 1.30 bits per heavy atom. The molecule has 2 rings (SSSR count). The van der Waals surface area contributed by atoms with Crippen LogP contribution < -0.4 is 0 Å². The summed E-state index contributed by atoms with van der Waals surface area (Å²) >= 11 is 0. The molecule has 0 amide bonds. The largest absolute Gasteiger partial charge is 0.465 e. The van der Waals surface area contributed by atoms with Crippen LogP contribution in [0.3, 0.4) is 0 Å². The van der Waals surface area contributed by atoms with Crippen LogP contribution >= 0.6 is 0 Å². The molecule has 0 aromatic heterocycles.